The highest BCUT2D eigenvalue weighted by molar-refractivity contribution is 8.00. The Kier molecular flexibility index (Phi) is 3.56. The van der Waals surface area contributed by atoms with Crippen LogP contribution >= 0.6 is 11.8 Å². The summed E-state index contributed by atoms with van der Waals surface area (Å²) in [4.78, 5) is 1.38. The molecule has 0 spiro atoms. The fourth-order valence-electron chi connectivity index (χ4n) is 2.94. The van der Waals surface area contributed by atoms with Crippen molar-refractivity contribution in [2.45, 2.75) is 69.8 Å². The van der Waals surface area contributed by atoms with Gasteiger partial charge in [-0.25, -0.2) is 0 Å². The van der Waals surface area contributed by atoms with E-state index in [1.54, 1.807) is 0 Å². The topological polar surface area (TPSA) is 12.5 Å². The second-order valence-corrected chi connectivity index (χ2v) is 8.10. The van der Waals surface area contributed by atoms with Crippen LogP contribution in [0.4, 0.5) is 0 Å². The average Bonchev–Trinajstić information content (AvgIpc) is 3.06. The molecular formula is C17H26OS. The fourth-order valence-corrected chi connectivity index (χ4v) is 4.39. The Morgan fingerprint density at radius 1 is 1.00 bits per heavy atom. The molecule has 0 amide bonds. The molecule has 2 heterocycles. The van der Waals surface area contributed by atoms with E-state index in [0.29, 0.717) is 6.10 Å². The molecule has 1 nitrogen and oxygen atoms in total. The monoisotopic (exact) mass is 278 g/mol. The molecule has 0 aliphatic carbocycles. The van der Waals surface area contributed by atoms with Gasteiger partial charge in [-0.3, -0.25) is 0 Å². The third-order valence-corrected chi connectivity index (χ3v) is 6.41. The van der Waals surface area contributed by atoms with Crippen LogP contribution in [0.2, 0.25) is 0 Å². The van der Waals surface area contributed by atoms with Gasteiger partial charge in [-0.05, 0) is 32.4 Å². The minimum Gasteiger partial charge on any atom is -0.361 e. The van der Waals surface area contributed by atoms with Crippen LogP contribution in [0.3, 0.4) is 0 Å². The van der Waals surface area contributed by atoms with E-state index >= 15 is 0 Å². The molecule has 2 aliphatic heterocycles. The molecule has 2 atom stereocenters. The molecule has 0 radical (unpaired) electrons. The summed E-state index contributed by atoms with van der Waals surface area (Å²) < 4.78 is 6.29. The predicted molar refractivity (Wildman–Crippen MR) is 83.7 cm³/mol. The van der Waals surface area contributed by atoms with Crippen molar-refractivity contribution in [2.75, 3.05) is 0 Å². The summed E-state index contributed by atoms with van der Waals surface area (Å²) in [6, 6.07) is 8.70. The van der Waals surface area contributed by atoms with Gasteiger partial charge in [0.05, 0.1) is 6.10 Å². The summed E-state index contributed by atoms with van der Waals surface area (Å²) in [5, 5.41) is 0. The molecule has 1 saturated heterocycles. The third-order valence-electron chi connectivity index (χ3n) is 4.80. The maximum atomic E-state index is 6.11. The summed E-state index contributed by atoms with van der Waals surface area (Å²) in [6.45, 7) is 15.6. The summed E-state index contributed by atoms with van der Waals surface area (Å²) in [6.07, 6.45) is 0.334. The maximum absolute atomic E-state index is 6.11. The van der Waals surface area contributed by atoms with Crippen molar-refractivity contribution >= 4 is 11.8 Å². The van der Waals surface area contributed by atoms with Gasteiger partial charge in [0.2, 0.25) is 0 Å². The van der Waals surface area contributed by atoms with Crippen LogP contribution < -0.4 is 0 Å². The number of epoxide rings is 1. The van der Waals surface area contributed by atoms with E-state index in [-0.39, 0.29) is 15.8 Å². The Hall–Kier alpha value is -0.470. The van der Waals surface area contributed by atoms with Gasteiger partial charge in [0.15, 0.2) is 0 Å². The first kappa shape index (κ1) is 14.9. The molecule has 0 N–H and O–H groups in total. The second kappa shape index (κ2) is 4.53. The number of benzene rings is 1. The normalized spacial score (nSPS) is 33.1. The van der Waals surface area contributed by atoms with Gasteiger partial charge in [0.1, 0.15) is 5.60 Å². The highest BCUT2D eigenvalue weighted by Crippen LogP contribution is 2.65. The lowest BCUT2D eigenvalue weighted by Gasteiger charge is -2.39. The van der Waals surface area contributed by atoms with Crippen molar-refractivity contribution in [1.29, 1.82) is 0 Å². The van der Waals surface area contributed by atoms with Gasteiger partial charge in [0, 0.05) is 15.1 Å². The molecule has 1 fully saturated rings. The van der Waals surface area contributed by atoms with Gasteiger partial charge in [-0.1, -0.05) is 45.9 Å². The van der Waals surface area contributed by atoms with Crippen LogP contribution in [0, 0.1) is 5.41 Å². The Balaban J connectivity index is 0.000000637. The summed E-state index contributed by atoms with van der Waals surface area (Å²) >= 11 is 1.99. The lowest BCUT2D eigenvalue weighted by atomic mass is 9.73. The van der Waals surface area contributed by atoms with Gasteiger partial charge in [0.25, 0.3) is 0 Å². The molecule has 2 heteroatoms. The first-order valence-corrected chi connectivity index (χ1v) is 8.07. The van der Waals surface area contributed by atoms with Crippen molar-refractivity contribution in [3.8, 4) is 0 Å². The summed E-state index contributed by atoms with van der Waals surface area (Å²) in [5.74, 6) is 0. The first-order chi connectivity index (χ1) is 8.79. The lowest BCUT2D eigenvalue weighted by Crippen LogP contribution is -2.40. The zero-order valence-corrected chi connectivity index (χ0v) is 14.0. The lowest BCUT2D eigenvalue weighted by molar-refractivity contribution is 0.192. The van der Waals surface area contributed by atoms with E-state index in [2.05, 4.69) is 58.9 Å². The number of hydrogen-bond acceptors (Lipinski definition) is 2. The molecule has 2 unspecified atom stereocenters. The Bertz CT molecular complexity index is 478. The van der Waals surface area contributed by atoms with E-state index in [1.165, 1.54) is 10.5 Å². The van der Waals surface area contributed by atoms with Crippen LogP contribution in [0.5, 0.6) is 0 Å². The largest absolute Gasteiger partial charge is 0.361 e. The molecule has 1 aromatic rings. The first-order valence-electron chi connectivity index (χ1n) is 7.25. The predicted octanol–water partition coefficient (Wildman–Crippen LogP) is 5.24. The highest BCUT2D eigenvalue weighted by Gasteiger charge is 2.66. The molecule has 19 heavy (non-hydrogen) atoms. The molecule has 2 aliphatic rings. The molecule has 1 aromatic carbocycles. The Labute approximate surface area is 122 Å². The average molecular weight is 278 g/mol. The third kappa shape index (κ3) is 2.04. The molecule has 106 valence electrons. The molecule has 0 aromatic heterocycles. The standard InChI is InChI=1S/C15H20OS.C2H6/c1-13(2)12-15(5,16-12)10-8-6-7-9-11(10)17-14(13,3)4;1-2/h6-9,12H,1-5H3;1-2H3. The molecule has 3 rings (SSSR count). The van der Waals surface area contributed by atoms with Crippen LogP contribution in [0.15, 0.2) is 29.2 Å². The van der Waals surface area contributed by atoms with E-state index in [4.69, 9.17) is 4.74 Å². The van der Waals surface area contributed by atoms with Crippen LogP contribution in [-0.4, -0.2) is 10.9 Å². The van der Waals surface area contributed by atoms with Crippen molar-refractivity contribution in [3.05, 3.63) is 29.8 Å². The number of fused-ring (bicyclic) bond motifs is 3. The molecule has 0 bridgehead atoms. The Morgan fingerprint density at radius 3 is 2.21 bits per heavy atom. The maximum Gasteiger partial charge on any atom is 0.119 e. The van der Waals surface area contributed by atoms with Gasteiger partial charge < -0.3 is 4.74 Å². The number of ether oxygens (including phenoxy) is 1. The minimum absolute atomic E-state index is 0.0686. The van der Waals surface area contributed by atoms with E-state index in [0.717, 1.165) is 0 Å². The van der Waals surface area contributed by atoms with Crippen LogP contribution in [0.1, 0.15) is 54.0 Å². The number of thioether (sulfide) groups is 1. The smallest absolute Gasteiger partial charge is 0.119 e. The highest BCUT2D eigenvalue weighted by atomic mass is 32.2. The van der Waals surface area contributed by atoms with E-state index in [9.17, 15) is 0 Å². The fraction of sp³-hybridized carbons (Fsp3) is 0.647. The van der Waals surface area contributed by atoms with Gasteiger partial charge >= 0.3 is 0 Å². The van der Waals surface area contributed by atoms with Gasteiger partial charge in [-0.2, -0.15) is 0 Å². The molecule has 0 saturated carbocycles. The van der Waals surface area contributed by atoms with Crippen LogP contribution in [0.25, 0.3) is 0 Å². The van der Waals surface area contributed by atoms with Crippen molar-refractivity contribution in [1.82, 2.24) is 0 Å². The van der Waals surface area contributed by atoms with Crippen molar-refractivity contribution < 1.29 is 4.74 Å². The zero-order chi connectivity index (χ0) is 14.5. The number of rotatable bonds is 0. The number of hydrogen-bond donors (Lipinski definition) is 0. The van der Waals surface area contributed by atoms with Crippen molar-refractivity contribution in [3.63, 3.8) is 0 Å². The minimum atomic E-state index is -0.0686. The summed E-state index contributed by atoms with van der Waals surface area (Å²) in [5.41, 5.74) is 1.47. The summed E-state index contributed by atoms with van der Waals surface area (Å²) in [7, 11) is 0. The SMILES string of the molecule is CC.CC12OC1C(C)(C)C(C)(C)Sc1ccccc12. The van der Waals surface area contributed by atoms with Gasteiger partial charge in [-0.15, -0.1) is 11.8 Å². The molecular weight excluding hydrogens is 252 g/mol. The van der Waals surface area contributed by atoms with Crippen molar-refractivity contribution in [2.24, 2.45) is 5.41 Å². The quantitative estimate of drug-likeness (QED) is 0.602. The zero-order valence-electron chi connectivity index (χ0n) is 13.2. The second-order valence-electron chi connectivity index (χ2n) is 6.44. The Morgan fingerprint density at radius 2 is 1.58 bits per heavy atom. The van der Waals surface area contributed by atoms with E-state index in [1.807, 2.05) is 25.6 Å². The van der Waals surface area contributed by atoms with Crippen LogP contribution in [-0.2, 0) is 10.3 Å². The van der Waals surface area contributed by atoms with E-state index < -0.39 is 0 Å².